The second-order valence-corrected chi connectivity index (χ2v) is 8.15. The van der Waals surface area contributed by atoms with Crippen LogP contribution in [0.4, 0.5) is 5.69 Å². The van der Waals surface area contributed by atoms with Crippen LogP contribution in [0.1, 0.15) is 47.2 Å². The molecular formula is C27H28N4O2. The number of aromatic nitrogens is 2. The van der Waals surface area contributed by atoms with Crippen LogP contribution in [0.15, 0.2) is 72.8 Å². The van der Waals surface area contributed by atoms with E-state index in [-0.39, 0.29) is 24.4 Å². The summed E-state index contributed by atoms with van der Waals surface area (Å²) in [4.78, 5) is 30.5. The van der Waals surface area contributed by atoms with Crippen LogP contribution in [-0.2, 0) is 17.8 Å². The van der Waals surface area contributed by atoms with Crippen molar-refractivity contribution in [2.45, 2.75) is 39.8 Å². The number of nitrogens with zero attached hydrogens (tertiary/aromatic N) is 2. The Balaban J connectivity index is 1.57. The maximum Gasteiger partial charge on any atom is 0.252 e. The number of rotatable bonds is 7. The highest BCUT2D eigenvalue weighted by Crippen LogP contribution is 2.22. The fraction of sp³-hybridized carbons (Fsp3) is 0.222. The molecule has 3 aromatic carbocycles. The topological polar surface area (TPSA) is 76.0 Å². The lowest BCUT2D eigenvalue weighted by molar-refractivity contribution is -0.116. The Morgan fingerprint density at radius 1 is 0.970 bits per heavy atom. The second kappa shape index (κ2) is 9.69. The molecule has 1 heterocycles. The van der Waals surface area contributed by atoms with Crippen LogP contribution in [0.5, 0.6) is 0 Å². The van der Waals surface area contributed by atoms with Gasteiger partial charge >= 0.3 is 0 Å². The molecule has 6 heteroatoms. The van der Waals surface area contributed by atoms with Gasteiger partial charge in [-0.3, -0.25) is 9.59 Å². The molecule has 4 rings (SSSR count). The number of carbonyl (C=O) groups is 2. The first-order valence-corrected chi connectivity index (χ1v) is 11.2. The van der Waals surface area contributed by atoms with E-state index in [1.165, 1.54) is 5.56 Å². The average Bonchev–Trinajstić information content (AvgIpc) is 3.18. The highest BCUT2D eigenvalue weighted by atomic mass is 16.2. The van der Waals surface area contributed by atoms with Crippen molar-refractivity contribution in [3.8, 4) is 0 Å². The fourth-order valence-electron chi connectivity index (χ4n) is 3.93. The van der Waals surface area contributed by atoms with Crippen LogP contribution >= 0.6 is 0 Å². The largest absolute Gasteiger partial charge is 0.342 e. The lowest BCUT2D eigenvalue weighted by Crippen LogP contribution is -2.30. The van der Waals surface area contributed by atoms with Gasteiger partial charge in [-0.05, 0) is 61.7 Å². The molecule has 0 saturated heterocycles. The number of fused-ring (bicyclic) bond motifs is 1. The molecule has 168 valence electrons. The van der Waals surface area contributed by atoms with E-state index in [4.69, 9.17) is 4.98 Å². The van der Waals surface area contributed by atoms with Gasteiger partial charge in [-0.2, -0.15) is 0 Å². The quantitative estimate of drug-likeness (QED) is 0.423. The molecule has 0 radical (unpaired) electrons. The summed E-state index contributed by atoms with van der Waals surface area (Å²) in [6, 6.07) is 22.6. The summed E-state index contributed by atoms with van der Waals surface area (Å²) in [7, 11) is 0. The van der Waals surface area contributed by atoms with Gasteiger partial charge in [-0.25, -0.2) is 4.98 Å². The van der Waals surface area contributed by atoms with Crippen molar-refractivity contribution in [2.24, 2.45) is 0 Å². The summed E-state index contributed by atoms with van der Waals surface area (Å²) in [5, 5.41) is 6.00. The minimum Gasteiger partial charge on any atom is -0.342 e. The van der Waals surface area contributed by atoms with E-state index >= 15 is 0 Å². The molecule has 0 aliphatic heterocycles. The maximum atomic E-state index is 12.9. The van der Waals surface area contributed by atoms with Crippen molar-refractivity contribution in [1.82, 2.24) is 14.9 Å². The minimum atomic E-state index is -0.388. The number of carbonyl (C=O) groups excluding carboxylic acids is 2. The van der Waals surface area contributed by atoms with Crippen LogP contribution in [0.25, 0.3) is 11.0 Å². The predicted molar refractivity (Wildman–Crippen MR) is 131 cm³/mol. The molecule has 6 nitrogen and oxygen atoms in total. The Labute approximate surface area is 193 Å². The van der Waals surface area contributed by atoms with E-state index in [9.17, 15) is 9.59 Å². The van der Waals surface area contributed by atoms with Gasteiger partial charge in [0.2, 0.25) is 5.91 Å². The van der Waals surface area contributed by atoms with Crippen molar-refractivity contribution in [3.63, 3.8) is 0 Å². The smallest absolute Gasteiger partial charge is 0.252 e. The van der Waals surface area contributed by atoms with Gasteiger partial charge in [-0.1, -0.05) is 49.4 Å². The van der Waals surface area contributed by atoms with Crippen molar-refractivity contribution < 1.29 is 9.59 Å². The third kappa shape index (κ3) is 4.95. The number of anilines is 1. The molecule has 2 N–H and O–H groups in total. The van der Waals surface area contributed by atoms with E-state index in [0.717, 1.165) is 28.7 Å². The normalized spacial score (nSPS) is 11.8. The molecule has 1 unspecified atom stereocenters. The Bertz CT molecular complexity index is 1290. The molecule has 0 aliphatic rings. The number of hydrogen-bond acceptors (Lipinski definition) is 3. The first-order chi connectivity index (χ1) is 16.0. The maximum absolute atomic E-state index is 12.9. The van der Waals surface area contributed by atoms with Crippen molar-refractivity contribution in [2.75, 3.05) is 5.32 Å². The first-order valence-electron chi connectivity index (χ1n) is 11.2. The number of para-hydroxylation sites is 2. The molecule has 0 saturated carbocycles. The zero-order chi connectivity index (χ0) is 23.4. The molecule has 2 amide bonds. The molecule has 0 fully saturated rings. The number of nitrogens with one attached hydrogen (secondary N) is 2. The fourth-order valence-corrected chi connectivity index (χ4v) is 3.93. The molecule has 4 aromatic rings. The van der Waals surface area contributed by atoms with Crippen molar-refractivity contribution in [3.05, 3.63) is 95.3 Å². The summed E-state index contributed by atoms with van der Waals surface area (Å²) >= 11 is 0. The van der Waals surface area contributed by atoms with Crippen molar-refractivity contribution >= 4 is 28.5 Å². The van der Waals surface area contributed by atoms with Gasteiger partial charge in [0.1, 0.15) is 12.4 Å². The van der Waals surface area contributed by atoms with E-state index < -0.39 is 0 Å². The summed E-state index contributed by atoms with van der Waals surface area (Å²) in [6.45, 7) is 5.98. The molecule has 33 heavy (non-hydrogen) atoms. The number of benzene rings is 3. The van der Waals surface area contributed by atoms with E-state index in [1.807, 2.05) is 85.1 Å². The third-order valence-corrected chi connectivity index (χ3v) is 5.76. The zero-order valence-electron chi connectivity index (χ0n) is 19.1. The standard InChI is InChI=1S/C27H28N4O2/c1-4-20-13-15-21(16-14-20)29-25(32)17-31-24-12-8-7-11-23(24)30-26(31)19(3)28-27(33)22-10-6-5-9-18(22)2/h5-16,19H,4,17H2,1-3H3,(H,28,33)(H,29,32). The first kappa shape index (κ1) is 22.3. The summed E-state index contributed by atoms with van der Waals surface area (Å²) in [6.07, 6.45) is 0.949. The van der Waals surface area contributed by atoms with Crippen LogP contribution in [0.2, 0.25) is 0 Å². The number of amides is 2. The summed E-state index contributed by atoms with van der Waals surface area (Å²) in [5.74, 6) is 0.315. The average molecular weight is 441 g/mol. The third-order valence-electron chi connectivity index (χ3n) is 5.76. The van der Waals surface area contributed by atoms with Gasteiger partial charge in [0.05, 0.1) is 17.1 Å². The van der Waals surface area contributed by atoms with Gasteiger partial charge in [-0.15, -0.1) is 0 Å². The Hall–Kier alpha value is -3.93. The SMILES string of the molecule is CCc1ccc(NC(=O)Cn2c(C(C)NC(=O)c3ccccc3C)nc3ccccc32)cc1. The lowest BCUT2D eigenvalue weighted by Gasteiger charge is -2.17. The van der Waals surface area contributed by atoms with E-state index in [1.54, 1.807) is 6.07 Å². The molecule has 1 aromatic heterocycles. The van der Waals surface area contributed by atoms with Gasteiger partial charge in [0.15, 0.2) is 0 Å². The van der Waals surface area contributed by atoms with Crippen LogP contribution < -0.4 is 10.6 Å². The van der Waals surface area contributed by atoms with E-state index in [0.29, 0.717) is 11.4 Å². The van der Waals surface area contributed by atoms with E-state index in [2.05, 4.69) is 17.6 Å². The van der Waals surface area contributed by atoms with Gasteiger partial charge in [0, 0.05) is 11.3 Å². The van der Waals surface area contributed by atoms with Crippen LogP contribution in [-0.4, -0.2) is 21.4 Å². The molecule has 0 aliphatic carbocycles. The highest BCUT2D eigenvalue weighted by molar-refractivity contribution is 5.96. The lowest BCUT2D eigenvalue weighted by atomic mass is 10.1. The van der Waals surface area contributed by atoms with Crippen LogP contribution in [0, 0.1) is 6.92 Å². The Morgan fingerprint density at radius 3 is 2.39 bits per heavy atom. The second-order valence-electron chi connectivity index (χ2n) is 8.15. The Morgan fingerprint density at radius 2 is 1.67 bits per heavy atom. The summed E-state index contributed by atoms with van der Waals surface area (Å²) in [5.41, 5.74) is 5.13. The van der Waals surface area contributed by atoms with Crippen molar-refractivity contribution in [1.29, 1.82) is 0 Å². The Kier molecular flexibility index (Phi) is 6.54. The molecule has 0 bridgehead atoms. The monoisotopic (exact) mass is 440 g/mol. The summed E-state index contributed by atoms with van der Waals surface area (Å²) < 4.78 is 1.87. The number of imidazole rings is 1. The highest BCUT2D eigenvalue weighted by Gasteiger charge is 2.21. The van der Waals surface area contributed by atoms with Gasteiger partial charge in [0.25, 0.3) is 5.91 Å². The zero-order valence-corrected chi connectivity index (χ0v) is 19.1. The minimum absolute atomic E-state index is 0.0932. The molecular weight excluding hydrogens is 412 g/mol. The number of aryl methyl sites for hydroxylation is 2. The molecule has 1 atom stereocenters. The van der Waals surface area contributed by atoms with Gasteiger partial charge < -0.3 is 15.2 Å². The number of hydrogen-bond donors (Lipinski definition) is 2. The molecule has 0 spiro atoms. The predicted octanol–water partition coefficient (Wildman–Crippen LogP) is 5.04. The van der Waals surface area contributed by atoms with Crippen LogP contribution in [0.3, 0.4) is 0 Å².